The highest BCUT2D eigenvalue weighted by molar-refractivity contribution is 5.89. The fourth-order valence-electron chi connectivity index (χ4n) is 3.97. The van der Waals surface area contributed by atoms with E-state index in [0.717, 1.165) is 27.8 Å². The zero-order chi connectivity index (χ0) is 20.4. The molecule has 3 aromatic carbocycles. The van der Waals surface area contributed by atoms with Gasteiger partial charge in [-0.15, -0.1) is 0 Å². The highest BCUT2D eigenvalue weighted by Gasteiger charge is 2.35. The fraction of sp³-hybridized carbons (Fsp3) is 0.320. The predicted molar refractivity (Wildman–Crippen MR) is 115 cm³/mol. The molecule has 0 aliphatic carbocycles. The van der Waals surface area contributed by atoms with Gasteiger partial charge in [-0.1, -0.05) is 61.5 Å². The Bertz CT molecular complexity index is 1020. The number of rotatable bonds is 5. The summed E-state index contributed by atoms with van der Waals surface area (Å²) in [5.74, 6) is 1.47. The van der Waals surface area contributed by atoms with Crippen LogP contribution >= 0.6 is 0 Å². The van der Waals surface area contributed by atoms with Gasteiger partial charge in [-0.2, -0.15) is 0 Å². The number of nitrogens with one attached hydrogen (secondary N) is 1. The van der Waals surface area contributed by atoms with Crippen LogP contribution in [-0.4, -0.2) is 17.6 Å². The third-order valence-electron chi connectivity index (χ3n) is 5.37. The van der Waals surface area contributed by atoms with Gasteiger partial charge in [-0.3, -0.25) is 4.79 Å². The van der Waals surface area contributed by atoms with E-state index in [0.29, 0.717) is 12.8 Å². The molecule has 0 unspecified atom stereocenters. The normalized spacial score (nSPS) is 18.4. The summed E-state index contributed by atoms with van der Waals surface area (Å²) in [5, 5.41) is 5.32. The number of carbonyl (C=O) groups is 1. The van der Waals surface area contributed by atoms with E-state index in [-0.39, 0.29) is 17.6 Å². The van der Waals surface area contributed by atoms with Crippen LogP contribution in [0.3, 0.4) is 0 Å². The lowest BCUT2D eigenvalue weighted by atomic mass is 9.89. The average molecular weight is 389 g/mol. The van der Waals surface area contributed by atoms with Crippen LogP contribution in [0.1, 0.15) is 45.2 Å². The Morgan fingerprint density at radius 1 is 1.10 bits per heavy atom. The maximum Gasteiger partial charge on any atom is 0.261 e. The molecule has 0 bridgehead atoms. The van der Waals surface area contributed by atoms with E-state index in [4.69, 9.17) is 9.47 Å². The molecule has 0 saturated heterocycles. The fourth-order valence-corrected chi connectivity index (χ4v) is 3.97. The minimum atomic E-state index is -0.557. The third-order valence-corrected chi connectivity index (χ3v) is 5.37. The molecule has 0 aromatic heterocycles. The maximum atomic E-state index is 13.1. The topological polar surface area (TPSA) is 47.6 Å². The summed E-state index contributed by atoms with van der Waals surface area (Å²) < 4.78 is 12.3. The third kappa shape index (κ3) is 4.07. The van der Waals surface area contributed by atoms with Crippen molar-refractivity contribution in [2.75, 3.05) is 0 Å². The second-order valence-corrected chi connectivity index (χ2v) is 8.16. The van der Waals surface area contributed by atoms with Crippen LogP contribution in [0.2, 0.25) is 0 Å². The SMILES string of the molecule is CC[C@@H](Oc1cccc2ccccc12)C(=O)N[C@@H]1CC(C)(C)Oc2ccccc21. The van der Waals surface area contributed by atoms with Crippen LogP contribution in [0.15, 0.2) is 66.7 Å². The lowest BCUT2D eigenvalue weighted by molar-refractivity contribution is -0.129. The van der Waals surface area contributed by atoms with Gasteiger partial charge in [0.05, 0.1) is 6.04 Å². The van der Waals surface area contributed by atoms with Gasteiger partial charge in [0.25, 0.3) is 5.91 Å². The first-order valence-corrected chi connectivity index (χ1v) is 10.2. The smallest absolute Gasteiger partial charge is 0.261 e. The zero-order valence-corrected chi connectivity index (χ0v) is 17.1. The Balaban J connectivity index is 1.55. The van der Waals surface area contributed by atoms with Gasteiger partial charge in [0.1, 0.15) is 17.1 Å². The van der Waals surface area contributed by atoms with E-state index in [9.17, 15) is 4.79 Å². The van der Waals surface area contributed by atoms with E-state index in [1.807, 2.05) is 87.5 Å². The molecule has 29 heavy (non-hydrogen) atoms. The lowest BCUT2D eigenvalue weighted by Crippen LogP contribution is -2.45. The minimum Gasteiger partial charge on any atom is -0.487 e. The first-order chi connectivity index (χ1) is 14.0. The molecule has 1 N–H and O–H groups in total. The van der Waals surface area contributed by atoms with Gasteiger partial charge < -0.3 is 14.8 Å². The van der Waals surface area contributed by atoms with E-state index in [1.54, 1.807) is 0 Å². The summed E-state index contributed by atoms with van der Waals surface area (Å²) in [6, 6.07) is 21.8. The molecule has 4 nitrogen and oxygen atoms in total. The highest BCUT2D eigenvalue weighted by Crippen LogP contribution is 2.39. The number of fused-ring (bicyclic) bond motifs is 2. The summed E-state index contributed by atoms with van der Waals surface area (Å²) in [6.07, 6.45) is 0.739. The second kappa shape index (κ2) is 7.78. The van der Waals surface area contributed by atoms with Crippen molar-refractivity contribution in [1.82, 2.24) is 5.32 Å². The van der Waals surface area contributed by atoms with Crippen LogP contribution in [0.25, 0.3) is 10.8 Å². The second-order valence-electron chi connectivity index (χ2n) is 8.16. The molecular formula is C25H27NO3. The summed E-state index contributed by atoms with van der Waals surface area (Å²) >= 11 is 0. The van der Waals surface area contributed by atoms with E-state index in [2.05, 4.69) is 5.32 Å². The van der Waals surface area contributed by atoms with Gasteiger partial charge in [0.2, 0.25) is 0 Å². The van der Waals surface area contributed by atoms with Gasteiger partial charge in [-0.25, -0.2) is 0 Å². The molecular weight excluding hydrogens is 362 g/mol. The molecule has 4 heteroatoms. The monoisotopic (exact) mass is 389 g/mol. The van der Waals surface area contributed by atoms with Crippen molar-refractivity contribution in [1.29, 1.82) is 0 Å². The molecule has 3 aromatic rings. The standard InChI is InChI=1S/C25H27NO3/c1-4-21(28-22-15-9-11-17-10-5-6-12-18(17)22)24(27)26-20-16-25(2,3)29-23-14-8-7-13-19(20)23/h5-15,20-21H,4,16H2,1-3H3,(H,26,27)/t20-,21-/m1/s1. The van der Waals surface area contributed by atoms with Crippen LogP contribution < -0.4 is 14.8 Å². The number of para-hydroxylation sites is 1. The molecule has 0 fully saturated rings. The van der Waals surface area contributed by atoms with Gasteiger partial charge in [0.15, 0.2) is 6.10 Å². The number of amides is 1. The van der Waals surface area contributed by atoms with Crippen molar-refractivity contribution in [2.45, 2.75) is 51.4 Å². The van der Waals surface area contributed by atoms with Gasteiger partial charge in [-0.05, 0) is 37.8 Å². The Morgan fingerprint density at radius 3 is 2.66 bits per heavy atom. The first kappa shape index (κ1) is 19.3. The molecule has 4 rings (SSSR count). The van der Waals surface area contributed by atoms with Crippen molar-refractivity contribution < 1.29 is 14.3 Å². The Hall–Kier alpha value is -3.01. The van der Waals surface area contributed by atoms with Crippen molar-refractivity contribution in [3.05, 3.63) is 72.3 Å². The quantitative estimate of drug-likeness (QED) is 0.634. The Labute approximate surface area is 171 Å². The number of benzene rings is 3. The van der Waals surface area contributed by atoms with Gasteiger partial charge >= 0.3 is 0 Å². The van der Waals surface area contributed by atoms with Crippen LogP contribution in [0.5, 0.6) is 11.5 Å². The minimum absolute atomic E-state index is 0.0991. The average Bonchev–Trinajstić information content (AvgIpc) is 2.71. The summed E-state index contributed by atoms with van der Waals surface area (Å²) in [5.41, 5.74) is 0.671. The van der Waals surface area contributed by atoms with Crippen LogP contribution in [-0.2, 0) is 4.79 Å². The van der Waals surface area contributed by atoms with Crippen LogP contribution in [0, 0.1) is 0 Å². The Morgan fingerprint density at radius 2 is 1.83 bits per heavy atom. The van der Waals surface area contributed by atoms with E-state index >= 15 is 0 Å². The number of hydrogen-bond donors (Lipinski definition) is 1. The molecule has 1 amide bonds. The van der Waals surface area contributed by atoms with Crippen LogP contribution in [0.4, 0.5) is 0 Å². The number of ether oxygens (including phenoxy) is 2. The molecule has 150 valence electrons. The predicted octanol–water partition coefficient (Wildman–Crippen LogP) is 5.42. The molecule has 0 spiro atoms. The summed E-state index contributed by atoms with van der Waals surface area (Å²) in [6.45, 7) is 6.06. The van der Waals surface area contributed by atoms with Crippen molar-refractivity contribution in [2.24, 2.45) is 0 Å². The van der Waals surface area contributed by atoms with Gasteiger partial charge in [0, 0.05) is 17.4 Å². The van der Waals surface area contributed by atoms with E-state index in [1.165, 1.54) is 0 Å². The number of hydrogen-bond acceptors (Lipinski definition) is 3. The Kier molecular flexibility index (Phi) is 5.18. The molecule has 0 saturated carbocycles. The molecule has 2 atom stereocenters. The molecule has 0 radical (unpaired) electrons. The zero-order valence-electron chi connectivity index (χ0n) is 17.1. The highest BCUT2D eigenvalue weighted by atomic mass is 16.5. The van der Waals surface area contributed by atoms with Crippen molar-refractivity contribution in [3.8, 4) is 11.5 Å². The molecule has 1 aliphatic rings. The largest absolute Gasteiger partial charge is 0.487 e. The first-order valence-electron chi connectivity index (χ1n) is 10.2. The van der Waals surface area contributed by atoms with E-state index < -0.39 is 6.10 Å². The lowest BCUT2D eigenvalue weighted by Gasteiger charge is -2.38. The van der Waals surface area contributed by atoms with Crippen molar-refractivity contribution >= 4 is 16.7 Å². The molecule has 1 heterocycles. The summed E-state index contributed by atoms with van der Waals surface area (Å²) in [7, 11) is 0. The maximum absolute atomic E-state index is 13.1. The number of carbonyl (C=O) groups excluding carboxylic acids is 1. The molecule has 1 aliphatic heterocycles. The summed E-state index contributed by atoms with van der Waals surface area (Å²) in [4.78, 5) is 13.1. The van der Waals surface area contributed by atoms with Crippen molar-refractivity contribution in [3.63, 3.8) is 0 Å².